The maximum absolute atomic E-state index is 10.7. The topological polar surface area (TPSA) is 81.5 Å². The van der Waals surface area contributed by atoms with Crippen molar-refractivity contribution in [2.45, 2.75) is 0 Å². The summed E-state index contributed by atoms with van der Waals surface area (Å²) in [6.45, 7) is 0.616. The standard InChI is InChI=1S/C8H10N2O4/c1-13-4-5-14-7-6(8(11)12)2-3-9-10-7/h2-3H,4-5H2,1H3,(H,11,12). The zero-order valence-electron chi connectivity index (χ0n) is 7.64. The monoisotopic (exact) mass is 198 g/mol. The van der Waals surface area contributed by atoms with Crippen molar-refractivity contribution >= 4 is 5.97 Å². The smallest absolute Gasteiger partial charge is 0.341 e. The van der Waals surface area contributed by atoms with E-state index in [1.807, 2.05) is 0 Å². The number of rotatable bonds is 5. The predicted octanol–water partition coefficient (Wildman–Crippen LogP) is 0.200. The molecule has 1 N–H and O–H groups in total. The van der Waals surface area contributed by atoms with Crippen LogP contribution in [0.15, 0.2) is 12.3 Å². The summed E-state index contributed by atoms with van der Waals surface area (Å²) in [7, 11) is 1.53. The van der Waals surface area contributed by atoms with E-state index in [-0.39, 0.29) is 18.1 Å². The van der Waals surface area contributed by atoms with Crippen molar-refractivity contribution in [2.75, 3.05) is 20.3 Å². The number of hydrogen-bond acceptors (Lipinski definition) is 5. The van der Waals surface area contributed by atoms with E-state index in [9.17, 15) is 4.79 Å². The molecule has 0 saturated carbocycles. The summed E-state index contributed by atoms with van der Waals surface area (Å²) in [6.07, 6.45) is 1.30. The van der Waals surface area contributed by atoms with Gasteiger partial charge in [-0.2, -0.15) is 5.10 Å². The van der Waals surface area contributed by atoms with Crippen LogP contribution in [0.5, 0.6) is 5.88 Å². The van der Waals surface area contributed by atoms with Crippen molar-refractivity contribution in [3.63, 3.8) is 0 Å². The minimum absolute atomic E-state index is 0.00361. The quantitative estimate of drug-likeness (QED) is 0.680. The summed E-state index contributed by atoms with van der Waals surface area (Å²) in [6, 6.07) is 1.33. The number of nitrogens with zero attached hydrogens (tertiary/aromatic N) is 2. The molecule has 1 heterocycles. The summed E-state index contributed by atoms with van der Waals surface area (Å²) in [4.78, 5) is 10.7. The van der Waals surface area contributed by atoms with Gasteiger partial charge in [0.1, 0.15) is 12.2 Å². The van der Waals surface area contributed by atoms with Gasteiger partial charge in [0.25, 0.3) is 0 Å². The van der Waals surface area contributed by atoms with Crippen LogP contribution in [0.1, 0.15) is 10.4 Å². The molecule has 0 aliphatic carbocycles. The second-order valence-electron chi connectivity index (χ2n) is 2.40. The van der Waals surface area contributed by atoms with E-state index in [1.165, 1.54) is 19.4 Å². The van der Waals surface area contributed by atoms with Gasteiger partial charge in [-0.15, -0.1) is 5.10 Å². The van der Waals surface area contributed by atoms with Gasteiger partial charge < -0.3 is 14.6 Å². The third-order valence-electron chi connectivity index (χ3n) is 1.44. The minimum Gasteiger partial charge on any atom is -0.477 e. The summed E-state index contributed by atoms with van der Waals surface area (Å²) >= 11 is 0. The molecule has 14 heavy (non-hydrogen) atoms. The molecule has 6 nitrogen and oxygen atoms in total. The molecule has 6 heteroatoms. The SMILES string of the molecule is COCCOc1nnccc1C(=O)O. The van der Waals surface area contributed by atoms with E-state index < -0.39 is 5.97 Å². The Kier molecular flexibility index (Phi) is 3.81. The number of methoxy groups -OCH3 is 1. The van der Waals surface area contributed by atoms with E-state index >= 15 is 0 Å². The van der Waals surface area contributed by atoms with Gasteiger partial charge in [0.15, 0.2) is 0 Å². The van der Waals surface area contributed by atoms with Crippen molar-refractivity contribution in [1.29, 1.82) is 0 Å². The van der Waals surface area contributed by atoms with Gasteiger partial charge in [0.2, 0.25) is 5.88 Å². The van der Waals surface area contributed by atoms with Gasteiger partial charge >= 0.3 is 5.97 Å². The number of aromatic nitrogens is 2. The molecule has 0 atom stereocenters. The van der Waals surface area contributed by atoms with E-state index in [0.29, 0.717) is 6.61 Å². The van der Waals surface area contributed by atoms with Crippen molar-refractivity contribution in [1.82, 2.24) is 10.2 Å². The zero-order valence-corrected chi connectivity index (χ0v) is 7.64. The van der Waals surface area contributed by atoms with Crippen molar-refractivity contribution in [2.24, 2.45) is 0 Å². The van der Waals surface area contributed by atoms with Crippen LogP contribution in [0.2, 0.25) is 0 Å². The Morgan fingerprint density at radius 2 is 2.36 bits per heavy atom. The fourth-order valence-electron chi connectivity index (χ4n) is 0.810. The first-order chi connectivity index (χ1) is 6.75. The lowest BCUT2D eigenvalue weighted by molar-refractivity contribution is 0.0687. The molecule has 0 amide bonds. The number of hydrogen-bond donors (Lipinski definition) is 1. The molecule has 0 aliphatic rings. The summed E-state index contributed by atoms with van der Waals surface area (Å²) in [5.74, 6) is -1.08. The first-order valence-corrected chi connectivity index (χ1v) is 3.92. The summed E-state index contributed by atoms with van der Waals surface area (Å²) in [5.41, 5.74) is -0.00361. The first-order valence-electron chi connectivity index (χ1n) is 3.92. The van der Waals surface area contributed by atoms with Crippen molar-refractivity contribution < 1.29 is 19.4 Å². The molecule has 76 valence electrons. The number of carboxylic acids is 1. The normalized spacial score (nSPS) is 9.79. The number of ether oxygens (including phenoxy) is 2. The van der Waals surface area contributed by atoms with Crippen LogP contribution >= 0.6 is 0 Å². The molecule has 0 fully saturated rings. The second-order valence-corrected chi connectivity index (χ2v) is 2.40. The molecule has 1 aromatic rings. The van der Waals surface area contributed by atoms with E-state index in [2.05, 4.69) is 10.2 Å². The summed E-state index contributed by atoms with van der Waals surface area (Å²) in [5, 5.41) is 15.8. The van der Waals surface area contributed by atoms with Crippen LogP contribution in [0.25, 0.3) is 0 Å². The molecule has 1 rings (SSSR count). The van der Waals surface area contributed by atoms with E-state index in [0.717, 1.165) is 0 Å². The first kappa shape index (κ1) is 10.4. The molecule has 0 bridgehead atoms. The molecule has 0 unspecified atom stereocenters. The van der Waals surface area contributed by atoms with Crippen molar-refractivity contribution in [3.8, 4) is 5.88 Å². The van der Waals surface area contributed by atoms with Gasteiger partial charge in [0.05, 0.1) is 12.8 Å². The maximum atomic E-state index is 10.7. The van der Waals surface area contributed by atoms with Gasteiger partial charge in [0, 0.05) is 7.11 Å². The lowest BCUT2D eigenvalue weighted by atomic mass is 10.3. The Balaban J connectivity index is 2.69. The van der Waals surface area contributed by atoms with Crippen LogP contribution in [0, 0.1) is 0 Å². The third kappa shape index (κ3) is 2.67. The lowest BCUT2D eigenvalue weighted by Gasteiger charge is -2.05. The zero-order chi connectivity index (χ0) is 10.4. The highest BCUT2D eigenvalue weighted by molar-refractivity contribution is 5.89. The highest BCUT2D eigenvalue weighted by Crippen LogP contribution is 2.12. The summed E-state index contributed by atoms with van der Waals surface area (Å²) < 4.78 is 9.80. The van der Waals surface area contributed by atoms with Crippen LogP contribution in [0.4, 0.5) is 0 Å². The molecular weight excluding hydrogens is 188 g/mol. The molecule has 0 spiro atoms. The Morgan fingerprint density at radius 1 is 1.57 bits per heavy atom. The van der Waals surface area contributed by atoms with Crippen LogP contribution in [0.3, 0.4) is 0 Å². The van der Waals surface area contributed by atoms with E-state index in [4.69, 9.17) is 14.6 Å². The Labute approximate surface area is 80.5 Å². The number of carbonyl (C=O) groups is 1. The lowest BCUT2D eigenvalue weighted by Crippen LogP contribution is -2.10. The highest BCUT2D eigenvalue weighted by Gasteiger charge is 2.11. The van der Waals surface area contributed by atoms with Gasteiger partial charge in [-0.1, -0.05) is 0 Å². The predicted molar refractivity (Wildman–Crippen MR) is 46.4 cm³/mol. The van der Waals surface area contributed by atoms with E-state index in [1.54, 1.807) is 0 Å². The molecule has 0 saturated heterocycles. The number of aromatic carboxylic acids is 1. The molecule has 1 aromatic heterocycles. The van der Waals surface area contributed by atoms with Crippen LogP contribution < -0.4 is 4.74 Å². The third-order valence-corrected chi connectivity index (χ3v) is 1.44. The van der Waals surface area contributed by atoms with Crippen molar-refractivity contribution in [3.05, 3.63) is 17.8 Å². The molecule has 0 aliphatic heterocycles. The second kappa shape index (κ2) is 5.13. The fraction of sp³-hybridized carbons (Fsp3) is 0.375. The maximum Gasteiger partial charge on any atom is 0.341 e. The Hall–Kier alpha value is -1.69. The average Bonchev–Trinajstić information content (AvgIpc) is 2.19. The molecule has 0 radical (unpaired) electrons. The van der Waals surface area contributed by atoms with Gasteiger partial charge in [-0.3, -0.25) is 0 Å². The Bertz CT molecular complexity index is 316. The van der Waals surface area contributed by atoms with Gasteiger partial charge in [-0.25, -0.2) is 4.79 Å². The average molecular weight is 198 g/mol. The minimum atomic E-state index is -1.09. The highest BCUT2D eigenvalue weighted by atomic mass is 16.5. The molecular formula is C8H10N2O4. The van der Waals surface area contributed by atoms with Crippen LogP contribution in [-0.2, 0) is 4.74 Å². The number of carboxylic acid groups (broad SMARTS) is 1. The van der Waals surface area contributed by atoms with Gasteiger partial charge in [-0.05, 0) is 6.07 Å². The Morgan fingerprint density at radius 3 is 3.00 bits per heavy atom. The molecule has 0 aromatic carbocycles. The van der Waals surface area contributed by atoms with Crippen LogP contribution in [-0.4, -0.2) is 41.6 Å². The largest absolute Gasteiger partial charge is 0.477 e. The fourth-order valence-corrected chi connectivity index (χ4v) is 0.810.